The molecular formula is C38H58N8O4. The molecular weight excluding hydrogens is 632 g/mol. The maximum Gasteiger partial charge on any atom is 0.329 e. The lowest BCUT2D eigenvalue weighted by Gasteiger charge is -2.40. The summed E-state index contributed by atoms with van der Waals surface area (Å²) < 4.78 is 5.64. The molecule has 0 aliphatic carbocycles. The predicted octanol–water partition coefficient (Wildman–Crippen LogP) is 5.07. The van der Waals surface area contributed by atoms with E-state index in [1.54, 1.807) is 20.0 Å². The topological polar surface area (TPSA) is 161 Å². The summed E-state index contributed by atoms with van der Waals surface area (Å²) in [7, 11) is 0. The number of hydrogen-bond donors (Lipinski definition) is 5. The molecule has 0 radical (unpaired) electrons. The Morgan fingerprint density at radius 2 is 1.72 bits per heavy atom. The number of para-hydroxylation sites is 1. The third kappa shape index (κ3) is 9.45. The molecule has 1 aromatic carbocycles. The summed E-state index contributed by atoms with van der Waals surface area (Å²) in [4.78, 5) is 56.7. The number of H-pyrrole nitrogens is 2. The summed E-state index contributed by atoms with van der Waals surface area (Å²) in [5.74, 6) is -0.232. The van der Waals surface area contributed by atoms with Crippen molar-refractivity contribution in [1.82, 2.24) is 35.4 Å². The Hall–Kier alpha value is -3.90. The number of esters is 1. The minimum absolute atomic E-state index is 0.112. The molecule has 3 aromatic rings. The molecule has 2 saturated heterocycles. The number of urea groups is 1. The van der Waals surface area contributed by atoms with Crippen molar-refractivity contribution in [2.75, 3.05) is 32.7 Å². The Kier molecular flexibility index (Phi) is 12.3. The molecule has 0 spiro atoms. The van der Waals surface area contributed by atoms with Gasteiger partial charge in [0.1, 0.15) is 17.5 Å². The smallest absolute Gasteiger partial charge is 0.329 e. The number of nitrogens with one attached hydrogen (secondary N) is 4. The van der Waals surface area contributed by atoms with E-state index >= 15 is 0 Å². The minimum atomic E-state index is -1.06. The number of carbonyl (C=O) groups excluding carboxylic acids is 3. The van der Waals surface area contributed by atoms with E-state index in [0.717, 1.165) is 48.8 Å². The van der Waals surface area contributed by atoms with Crippen molar-refractivity contribution in [1.29, 1.82) is 0 Å². The molecule has 3 amide bonds. The van der Waals surface area contributed by atoms with Gasteiger partial charge in [-0.1, -0.05) is 24.6 Å². The summed E-state index contributed by atoms with van der Waals surface area (Å²) in [6.45, 7) is 13.3. The van der Waals surface area contributed by atoms with Crippen molar-refractivity contribution in [3.05, 3.63) is 53.7 Å². The maximum absolute atomic E-state index is 13.8. The lowest BCUT2D eigenvalue weighted by molar-refractivity contribution is -0.159. The Bertz CT molecular complexity index is 1580. The van der Waals surface area contributed by atoms with E-state index in [4.69, 9.17) is 15.5 Å². The molecule has 4 heterocycles. The second kappa shape index (κ2) is 16.4. The van der Waals surface area contributed by atoms with Crippen molar-refractivity contribution in [2.45, 2.75) is 122 Å². The molecule has 12 heteroatoms. The van der Waals surface area contributed by atoms with Gasteiger partial charge in [-0.25, -0.2) is 14.6 Å². The third-order valence-electron chi connectivity index (χ3n) is 10.2. The number of nitrogens with zero attached hydrogens (tertiary/aromatic N) is 3. The van der Waals surface area contributed by atoms with Gasteiger partial charge >= 0.3 is 12.0 Å². The van der Waals surface area contributed by atoms with Crippen LogP contribution in [0.15, 0.2) is 36.7 Å². The van der Waals surface area contributed by atoms with Crippen LogP contribution in [0.3, 0.4) is 0 Å². The number of ether oxygens (including phenoxy) is 1. The monoisotopic (exact) mass is 690 g/mol. The van der Waals surface area contributed by atoms with Crippen molar-refractivity contribution in [3.63, 3.8) is 0 Å². The van der Waals surface area contributed by atoms with Crippen molar-refractivity contribution >= 4 is 28.8 Å². The van der Waals surface area contributed by atoms with Gasteiger partial charge in [0.2, 0.25) is 5.91 Å². The second-order valence-electron chi connectivity index (χ2n) is 15.5. The van der Waals surface area contributed by atoms with Gasteiger partial charge in [-0.15, -0.1) is 0 Å². The Balaban J connectivity index is 1.32. The van der Waals surface area contributed by atoms with Gasteiger partial charge in [-0.3, -0.25) is 4.79 Å². The number of unbranched alkanes of at least 4 members (excludes halogenated alkanes) is 1. The van der Waals surface area contributed by atoms with Crippen molar-refractivity contribution in [2.24, 2.45) is 5.73 Å². The summed E-state index contributed by atoms with van der Waals surface area (Å²) >= 11 is 0. The van der Waals surface area contributed by atoms with Gasteiger partial charge in [0.25, 0.3) is 0 Å². The van der Waals surface area contributed by atoms with Crippen LogP contribution in [0.5, 0.6) is 0 Å². The van der Waals surface area contributed by atoms with Crippen LogP contribution in [0.25, 0.3) is 10.9 Å². The lowest BCUT2D eigenvalue weighted by Crippen LogP contribution is -2.51. The van der Waals surface area contributed by atoms with Crippen LogP contribution in [0.4, 0.5) is 4.79 Å². The zero-order valence-electron chi connectivity index (χ0n) is 30.6. The van der Waals surface area contributed by atoms with Crippen LogP contribution in [-0.2, 0) is 26.2 Å². The summed E-state index contributed by atoms with van der Waals surface area (Å²) in [5.41, 5.74) is 6.61. The molecule has 6 N–H and O–H groups in total. The molecule has 50 heavy (non-hydrogen) atoms. The van der Waals surface area contributed by atoms with E-state index in [0.29, 0.717) is 56.5 Å². The largest absolute Gasteiger partial charge is 0.458 e. The molecule has 2 atom stereocenters. The Morgan fingerprint density at radius 1 is 1.00 bits per heavy atom. The highest BCUT2D eigenvalue weighted by molar-refractivity contribution is 5.91. The first-order chi connectivity index (χ1) is 23.9. The highest BCUT2D eigenvalue weighted by Gasteiger charge is 2.37. The van der Waals surface area contributed by atoms with Crippen LogP contribution in [0.1, 0.15) is 109 Å². The van der Waals surface area contributed by atoms with Gasteiger partial charge in [0.05, 0.1) is 11.5 Å². The SMILES string of the molecule is CC(C)(C)OC(=O)[C@@H](CCCCN)NC(=O)C(C)(C)c1cnc([C@@H](Cc2c[nH]c3ccccc23)NC(=O)N2CCC(N3CCCCC3)CC2)[nH]1. The first kappa shape index (κ1) is 37.4. The number of aromatic nitrogens is 3. The highest BCUT2D eigenvalue weighted by Crippen LogP contribution is 2.28. The van der Waals surface area contributed by atoms with Gasteiger partial charge in [-0.05, 0) is 111 Å². The molecule has 2 aliphatic rings. The molecule has 2 fully saturated rings. The minimum Gasteiger partial charge on any atom is -0.458 e. The Labute approximate surface area is 296 Å². The number of aromatic amines is 2. The number of hydrogen-bond acceptors (Lipinski definition) is 7. The molecule has 2 aromatic heterocycles. The Morgan fingerprint density at radius 3 is 2.42 bits per heavy atom. The molecule has 0 unspecified atom stereocenters. The number of nitrogens with two attached hydrogens (primary N) is 1. The van der Waals surface area contributed by atoms with E-state index in [1.807, 2.05) is 50.1 Å². The van der Waals surface area contributed by atoms with E-state index in [1.165, 1.54) is 19.3 Å². The third-order valence-corrected chi connectivity index (χ3v) is 10.2. The van der Waals surface area contributed by atoms with Crippen LogP contribution < -0.4 is 16.4 Å². The molecule has 0 saturated carbocycles. The number of carbonyl (C=O) groups is 3. The van der Waals surface area contributed by atoms with Crippen molar-refractivity contribution in [3.8, 4) is 0 Å². The molecule has 5 rings (SSSR count). The normalized spacial score (nSPS) is 17.8. The fourth-order valence-corrected chi connectivity index (χ4v) is 7.10. The first-order valence-electron chi connectivity index (χ1n) is 18.5. The van der Waals surface area contributed by atoms with E-state index in [-0.39, 0.29) is 11.9 Å². The zero-order chi connectivity index (χ0) is 35.9. The summed E-state index contributed by atoms with van der Waals surface area (Å²) in [5, 5.41) is 7.32. The maximum atomic E-state index is 13.8. The first-order valence-corrected chi connectivity index (χ1v) is 18.5. The van der Waals surface area contributed by atoms with Gasteiger partial charge in [0, 0.05) is 54.5 Å². The van der Waals surface area contributed by atoms with Crippen LogP contribution >= 0.6 is 0 Å². The van der Waals surface area contributed by atoms with Gasteiger partial charge in [-0.2, -0.15) is 0 Å². The number of imidazole rings is 1. The fraction of sp³-hybridized carbons (Fsp3) is 0.632. The van der Waals surface area contributed by atoms with Crippen LogP contribution in [-0.4, -0.2) is 93.1 Å². The number of fused-ring (bicyclic) bond motifs is 1. The molecule has 2 aliphatic heterocycles. The summed E-state index contributed by atoms with van der Waals surface area (Å²) in [6, 6.07) is 7.26. The molecule has 12 nitrogen and oxygen atoms in total. The predicted molar refractivity (Wildman–Crippen MR) is 196 cm³/mol. The molecule has 0 bridgehead atoms. The number of piperidine rings is 2. The second-order valence-corrected chi connectivity index (χ2v) is 15.5. The van der Waals surface area contributed by atoms with Crippen LogP contribution in [0.2, 0.25) is 0 Å². The van der Waals surface area contributed by atoms with E-state index in [9.17, 15) is 14.4 Å². The van der Waals surface area contributed by atoms with Crippen molar-refractivity contribution < 1.29 is 19.1 Å². The number of likely N-dealkylation sites (tertiary alicyclic amines) is 2. The number of rotatable bonds is 13. The highest BCUT2D eigenvalue weighted by atomic mass is 16.6. The standard InChI is InChI=1S/C38H58N8O4/c1-37(2,3)50-34(47)30(15-9-10-18-39)42-35(48)38(4,5)32-25-41-33(44-32)31(23-26-24-40-29-14-8-7-13-28(26)29)43-36(49)46-21-16-27(17-22-46)45-19-11-6-12-20-45/h7-8,13-14,24-25,27,30-31,40H,6,9-12,15-23,39H2,1-5H3,(H,41,44)(H,42,48)(H,43,49)/t30-,31-/m1/s1. The number of benzene rings is 1. The average molecular weight is 691 g/mol. The van der Waals surface area contributed by atoms with Crippen LogP contribution in [0, 0.1) is 0 Å². The summed E-state index contributed by atoms with van der Waals surface area (Å²) in [6.07, 6.45) is 11.8. The fourth-order valence-electron chi connectivity index (χ4n) is 7.10. The lowest BCUT2D eigenvalue weighted by atomic mass is 9.88. The van der Waals surface area contributed by atoms with E-state index < -0.39 is 29.1 Å². The molecule has 274 valence electrons. The van der Waals surface area contributed by atoms with E-state index in [2.05, 4.69) is 31.6 Å². The number of amides is 3. The average Bonchev–Trinajstić information content (AvgIpc) is 3.76. The van der Waals surface area contributed by atoms with Gasteiger partial charge < -0.3 is 40.9 Å². The quantitative estimate of drug-likeness (QED) is 0.124. The van der Waals surface area contributed by atoms with Gasteiger partial charge in [0.15, 0.2) is 0 Å². The zero-order valence-corrected chi connectivity index (χ0v) is 30.6.